The average molecular weight is 150 g/mol. The molecule has 47 valence electrons. The number of hydrogen-bond donors (Lipinski definition) is 0. The van der Waals surface area contributed by atoms with Gasteiger partial charge < -0.3 is 0 Å². The molecule has 2 nitrogen and oxygen atoms in total. The van der Waals surface area contributed by atoms with Gasteiger partial charge in [0.05, 0.1) is 0 Å². The summed E-state index contributed by atoms with van der Waals surface area (Å²) in [4.78, 5) is 0. The Bertz CT molecular complexity index is 58.7. The zero-order valence-electron chi connectivity index (χ0n) is 4.61. The van der Waals surface area contributed by atoms with Gasteiger partial charge in [0, 0.05) is 0 Å². The van der Waals surface area contributed by atoms with Gasteiger partial charge in [-0.1, -0.05) is 0 Å². The monoisotopic (exact) mass is 149 g/mol. The number of hydrogen-bond acceptors (Lipinski definition) is 2. The van der Waals surface area contributed by atoms with E-state index >= 15 is 0 Å². The molecule has 0 radical (unpaired) electrons. The molecule has 0 saturated carbocycles. The molecule has 3 heteroatoms. The zero-order chi connectivity index (χ0) is 5.28. The number of nitrogens with zero attached hydrogens (tertiary/aromatic N) is 2. The normalized spacial score (nSPS) is 27.7. The predicted octanol–water partition coefficient (Wildman–Crippen LogP) is -0.224. The van der Waals surface area contributed by atoms with Crippen molar-refractivity contribution >= 4 is 0 Å². The van der Waals surface area contributed by atoms with Gasteiger partial charge in [-0.15, -0.1) is 0 Å². The zero-order valence-corrected chi connectivity index (χ0v) is 5.55. The summed E-state index contributed by atoms with van der Waals surface area (Å²) >= 11 is 1.87. The van der Waals surface area contributed by atoms with E-state index in [0.717, 1.165) is 0 Å². The summed E-state index contributed by atoms with van der Waals surface area (Å²) in [7, 11) is 4.20. The van der Waals surface area contributed by atoms with Gasteiger partial charge in [-0.05, 0) is 0 Å². The van der Waals surface area contributed by atoms with E-state index in [4.69, 9.17) is 0 Å². The molecule has 7 heavy (non-hydrogen) atoms. The van der Waals surface area contributed by atoms with Crippen molar-refractivity contribution in [1.82, 2.24) is 7.83 Å². The van der Waals surface area contributed by atoms with Crippen LogP contribution >= 0.6 is 0 Å². The van der Waals surface area contributed by atoms with Gasteiger partial charge in [0.15, 0.2) is 0 Å². The van der Waals surface area contributed by atoms with E-state index in [1.54, 1.807) is 0 Å². The maximum atomic E-state index is 2.21. The first kappa shape index (κ1) is 5.57. The van der Waals surface area contributed by atoms with Gasteiger partial charge in [-0.3, -0.25) is 0 Å². The van der Waals surface area contributed by atoms with Crippen molar-refractivity contribution in [3.05, 3.63) is 0 Å². The molecular formula is C4H10CuN2. The van der Waals surface area contributed by atoms with Crippen LogP contribution in [-0.2, 0) is 15.4 Å². The summed E-state index contributed by atoms with van der Waals surface area (Å²) in [5, 5.41) is 0. The average Bonchev–Trinajstić information content (AvgIpc) is 1.87. The quantitative estimate of drug-likeness (QED) is 0.440. The van der Waals surface area contributed by atoms with E-state index < -0.39 is 0 Å². The molecule has 1 rings (SSSR count). The van der Waals surface area contributed by atoms with Crippen molar-refractivity contribution in [2.24, 2.45) is 0 Å². The molecule has 0 amide bonds. The summed E-state index contributed by atoms with van der Waals surface area (Å²) in [5.74, 6) is 0. The Morgan fingerprint density at radius 3 is 1.71 bits per heavy atom. The number of likely N-dealkylation sites (N-methyl/N-ethyl adjacent to an activating group) is 2. The fourth-order valence-electron chi connectivity index (χ4n) is 0.496. The van der Waals surface area contributed by atoms with Gasteiger partial charge in [-0.2, -0.15) is 0 Å². The third-order valence-corrected chi connectivity index (χ3v) is 1.95. The Hall–Kier alpha value is 0.439. The molecule has 0 aliphatic carbocycles. The van der Waals surface area contributed by atoms with Gasteiger partial charge in [-0.25, -0.2) is 0 Å². The van der Waals surface area contributed by atoms with E-state index in [1.807, 2.05) is 15.4 Å². The van der Waals surface area contributed by atoms with Crippen molar-refractivity contribution in [3.63, 3.8) is 0 Å². The first-order valence-corrected chi connectivity index (χ1v) is 3.14. The first-order valence-electron chi connectivity index (χ1n) is 2.30. The van der Waals surface area contributed by atoms with Crippen molar-refractivity contribution in [2.45, 2.75) is 0 Å². The second-order valence-electron chi connectivity index (χ2n) is 1.60. The molecule has 0 aromatic carbocycles. The van der Waals surface area contributed by atoms with Crippen LogP contribution < -0.4 is 0 Å². The minimum atomic E-state index is 1.19. The van der Waals surface area contributed by atoms with E-state index in [2.05, 4.69) is 21.9 Å². The molecule has 0 spiro atoms. The fourth-order valence-corrected chi connectivity index (χ4v) is 1.42. The summed E-state index contributed by atoms with van der Waals surface area (Å²) in [6, 6.07) is 0. The molecule has 1 heterocycles. The van der Waals surface area contributed by atoms with Gasteiger partial charge in [0.2, 0.25) is 0 Å². The molecule has 1 aliphatic rings. The van der Waals surface area contributed by atoms with E-state index in [-0.39, 0.29) is 0 Å². The van der Waals surface area contributed by atoms with E-state index in [1.165, 1.54) is 13.1 Å². The van der Waals surface area contributed by atoms with Gasteiger partial charge in [0.25, 0.3) is 0 Å². The molecule has 0 bridgehead atoms. The SMILES string of the molecule is C[N]1CC[N](C)[Cu]1. The Balaban J connectivity index is 2.26. The second-order valence-corrected chi connectivity index (χ2v) is 3.23. The van der Waals surface area contributed by atoms with Crippen molar-refractivity contribution in [3.8, 4) is 0 Å². The topological polar surface area (TPSA) is 6.48 Å². The summed E-state index contributed by atoms with van der Waals surface area (Å²) in [6.45, 7) is 2.38. The van der Waals surface area contributed by atoms with Crippen LogP contribution in [-0.4, -0.2) is 35.0 Å². The van der Waals surface area contributed by atoms with Crippen LogP contribution in [0, 0.1) is 0 Å². The third kappa shape index (κ3) is 1.42. The second kappa shape index (κ2) is 2.14. The maximum absolute atomic E-state index is 2.21. The van der Waals surface area contributed by atoms with Crippen molar-refractivity contribution in [2.75, 3.05) is 27.2 Å². The molecule has 0 aromatic rings. The molecule has 0 atom stereocenters. The van der Waals surface area contributed by atoms with Crippen LogP contribution in [0.1, 0.15) is 0 Å². The van der Waals surface area contributed by atoms with Crippen LogP contribution in [0.2, 0.25) is 0 Å². The van der Waals surface area contributed by atoms with Crippen LogP contribution in [0.15, 0.2) is 0 Å². The molecule has 0 unspecified atom stereocenters. The number of rotatable bonds is 0. The minimum absolute atomic E-state index is 1.19. The first-order chi connectivity index (χ1) is 3.29. The molecule has 0 N–H and O–H groups in total. The Kier molecular flexibility index (Phi) is 1.70. The van der Waals surface area contributed by atoms with Gasteiger partial charge >= 0.3 is 50.4 Å². The summed E-state index contributed by atoms with van der Waals surface area (Å²) in [5.41, 5.74) is 0. The molecule has 1 fully saturated rings. The van der Waals surface area contributed by atoms with Crippen molar-refractivity contribution in [1.29, 1.82) is 0 Å². The molecule has 0 aromatic heterocycles. The van der Waals surface area contributed by atoms with Crippen LogP contribution in [0.3, 0.4) is 0 Å². The standard InChI is InChI=1S/C4H10N2.Cu/c1-5-3-4-6-2;/h3-4H2,1-2H3;/q-2;+2. The van der Waals surface area contributed by atoms with Crippen LogP contribution in [0.5, 0.6) is 0 Å². The third-order valence-electron chi connectivity index (χ3n) is 0.888. The molecule has 1 saturated heterocycles. The Morgan fingerprint density at radius 1 is 1.14 bits per heavy atom. The van der Waals surface area contributed by atoms with E-state index in [0.29, 0.717) is 0 Å². The Morgan fingerprint density at radius 2 is 1.57 bits per heavy atom. The van der Waals surface area contributed by atoms with Crippen LogP contribution in [0.25, 0.3) is 0 Å². The van der Waals surface area contributed by atoms with Crippen molar-refractivity contribution < 1.29 is 15.4 Å². The van der Waals surface area contributed by atoms with Crippen LogP contribution in [0.4, 0.5) is 0 Å². The summed E-state index contributed by atoms with van der Waals surface area (Å²) < 4.78 is 4.42. The van der Waals surface area contributed by atoms with E-state index in [9.17, 15) is 0 Å². The predicted molar refractivity (Wildman–Crippen MR) is 25.3 cm³/mol. The fraction of sp³-hybridized carbons (Fsp3) is 1.00. The van der Waals surface area contributed by atoms with Gasteiger partial charge in [0.1, 0.15) is 0 Å². The molecule has 1 aliphatic heterocycles. The Labute approximate surface area is 51.1 Å². The molecular weight excluding hydrogens is 140 g/mol. The summed E-state index contributed by atoms with van der Waals surface area (Å²) in [6.07, 6.45) is 0.